The summed E-state index contributed by atoms with van der Waals surface area (Å²) in [5, 5.41) is 19.0. The van der Waals surface area contributed by atoms with Gasteiger partial charge in [0.2, 0.25) is 0 Å². The van der Waals surface area contributed by atoms with Gasteiger partial charge in [-0.2, -0.15) is 0 Å². The fourth-order valence-electron chi connectivity index (χ4n) is 1.70. The third-order valence-corrected chi connectivity index (χ3v) is 4.38. The zero-order valence-corrected chi connectivity index (χ0v) is 10.5. The molecule has 1 heterocycles. The van der Waals surface area contributed by atoms with E-state index in [4.69, 9.17) is 5.21 Å². The number of nitro groups is 1. The number of sulfonamides is 1. The number of hydroxylamine groups is 1. The number of nitrogens with zero attached hydrogens (tertiary/aromatic N) is 2. The van der Waals surface area contributed by atoms with E-state index >= 15 is 0 Å². The van der Waals surface area contributed by atoms with Crippen molar-refractivity contribution in [3.05, 3.63) is 33.9 Å². The molecular formula is C9H7N3O7S. The van der Waals surface area contributed by atoms with Crippen LogP contribution in [0, 0.1) is 10.1 Å². The average Bonchev–Trinajstić information content (AvgIpc) is 2.59. The number of amides is 2. The minimum atomic E-state index is -4.35. The van der Waals surface area contributed by atoms with Gasteiger partial charge in [-0.3, -0.25) is 24.9 Å². The van der Waals surface area contributed by atoms with E-state index in [-0.39, 0.29) is 9.87 Å². The highest BCUT2D eigenvalue weighted by Crippen LogP contribution is 2.32. The van der Waals surface area contributed by atoms with E-state index in [1.54, 1.807) is 0 Å². The van der Waals surface area contributed by atoms with Crippen molar-refractivity contribution in [3.8, 4) is 0 Å². The Morgan fingerprint density at radius 2 is 2.10 bits per heavy atom. The molecule has 0 bridgehead atoms. The highest BCUT2D eigenvalue weighted by molar-refractivity contribution is 7.90. The van der Waals surface area contributed by atoms with Gasteiger partial charge in [0.05, 0.1) is 10.5 Å². The number of hydrogen-bond donors (Lipinski definition) is 2. The predicted molar refractivity (Wildman–Crippen MR) is 61.2 cm³/mol. The molecule has 0 saturated heterocycles. The molecule has 10 nitrogen and oxygen atoms in total. The van der Waals surface area contributed by atoms with Gasteiger partial charge in [-0.05, 0) is 6.07 Å². The SMILES string of the molecule is O=C(CN1C(=O)c2ccc([N+](=O)[O-])cc2S1(=O)=O)NO. The zero-order valence-electron chi connectivity index (χ0n) is 9.64. The molecule has 2 N–H and O–H groups in total. The van der Waals surface area contributed by atoms with Crippen LogP contribution < -0.4 is 5.48 Å². The Balaban J connectivity index is 2.53. The van der Waals surface area contributed by atoms with Gasteiger partial charge in [0.15, 0.2) is 0 Å². The van der Waals surface area contributed by atoms with Gasteiger partial charge in [0, 0.05) is 12.1 Å². The van der Waals surface area contributed by atoms with Gasteiger partial charge in [0.1, 0.15) is 11.4 Å². The van der Waals surface area contributed by atoms with E-state index in [0.717, 1.165) is 18.2 Å². The topological polar surface area (TPSA) is 147 Å². The molecule has 2 rings (SSSR count). The Morgan fingerprint density at radius 3 is 2.65 bits per heavy atom. The van der Waals surface area contributed by atoms with Crippen LogP contribution in [0.5, 0.6) is 0 Å². The van der Waals surface area contributed by atoms with Crippen LogP contribution in [0.4, 0.5) is 5.69 Å². The van der Waals surface area contributed by atoms with Crippen molar-refractivity contribution >= 4 is 27.5 Å². The lowest BCUT2D eigenvalue weighted by molar-refractivity contribution is -0.385. The van der Waals surface area contributed by atoms with Crippen molar-refractivity contribution in [2.24, 2.45) is 0 Å². The van der Waals surface area contributed by atoms with Gasteiger partial charge >= 0.3 is 0 Å². The number of rotatable bonds is 3. The zero-order chi connectivity index (χ0) is 15.1. The van der Waals surface area contributed by atoms with E-state index in [1.807, 2.05) is 0 Å². The van der Waals surface area contributed by atoms with Gasteiger partial charge in [-0.25, -0.2) is 18.2 Å². The van der Waals surface area contributed by atoms with Gasteiger partial charge < -0.3 is 0 Å². The number of nitro benzene ring substituents is 1. The van der Waals surface area contributed by atoms with E-state index < -0.39 is 43.9 Å². The predicted octanol–water partition coefficient (Wildman–Crippen LogP) is -0.755. The van der Waals surface area contributed by atoms with Crippen LogP contribution in [0.25, 0.3) is 0 Å². The number of carbonyl (C=O) groups is 2. The second-order valence-electron chi connectivity index (χ2n) is 3.79. The summed E-state index contributed by atoms with van der Waals surface area (Å²) >= 11 is 0. The maximum absolute atomic E-state index is 12.0. The first kappa shape index (κ1) is 13.9. The molecule has 2 amide bonds. The largest absolute Gasteiger partial charge is 0.289 e. The number of nitrogens with one attached hydrogen (secondary N) is 1. The molecule has 1 aromatic carbocycles. The molecule has 0 atom stereocenters. The summed E-state index contributed by atoms with van der Waals surface area (Å²) in [6.07, 6.45) is 0. The minimum Gasteiger partial charge on any atom is -0.289 e. The van der Waals surface area contributed by atoms with E-state index in [9.17, 15) is 28.1 Å². The monoisotopic (exact) mass is 301 g/mol. The Hall–Kier alpha value is -2.53. The van der Waals surface area contributed by atoms with Crippen molar-refractivity contribution in [3.63, 3.8) is 0 Å². The maximum atomic E-state index is 12.0. The molecule has 1 aliphatic rings. The number of non-ortho nitro benzene ring substituents is 1. The highest BCUT2D eigenvalue weighted by Gasteiger charge is 2.43. The van der Waals surface area contributed by atoms with Crippen molar-refractivity contribution in [2.75, 3.05) is 6.54 Å². The van der Waals surface area contributed by atoms with Crippen LogP contribution in [-0.2, 0) is 14.8 Å². The first-order valence-electron chi connectivity index (χ1n) is 5.07. The summed E-state index contributed by atoms with van der Waals surface area (Å²) in [6, 6.07) is 2.74. The second kappa shape index (κ2) is 4.54. The third-order valence-electron chi connectivity index (χ3n) is 2.61. The van der Waals surface area contributed by atoms with Gasteiger partial charge in [-0.1, -0.05) is 0 Å². The molecule has 0 aromatic heterocycles. The van der Waals surface area contributed by atoms with Crippen LogP contribution in [0.3, 0.4) is 0 Å². The molecule has 0 fully saturated rings. The average molecular weight is 301 g/mol. The summed E-state index contributed by atoms with van der Waals surface area (Å²) in [5.74, 6) is -2.09. The molecule has 0 unspecified atom stereocenters. The molecule has 0 saturated carbocycles. The Morgan fingerprint density at radius 1 is 1.45 bits per heavy atom. The van der Waals surface area contributed by atoms with E-state index in [1.165, 1.54) is 5.48 Å². The molecule has 0 spiro atoms. The van der Waals surface area contributed by atoms with E-state index in [0.29, 0.717) is 0 Å². The first-order chi connectivity index (χ1) is 9.28. The number of benzene rings is 1. The highest BCUT2D eigenvalue weighted by atomic mass is 32.2. The normalized spacial score (nSPS) is 15.8. The lowest BCUT2D eigenvalue weighted by atomic mass is 10.2. The summed E-state index contributed by atoms with van der Waals surface area (Å²) in [4.78, 5) is 32.1. The maximum Gasteiger partial charge on any atom is 0.270 e. The van der Waals surface area contributed by atoms with Gasteiger partial charge in [-0.15, -0.1) is 0 Å². The van der Waals surface area contributed by atoms with Crippen molar-refractivity contribution in [1.82, 2.24) is 9.79 Å². The van der Waals surface area contributed by atoms with E-state index in [2.05, 4.69) is 0 Å². The fourth-order valence-corrected chi connectivity index (χ4v) is 3.24. The number of fused-ring (bicyclic) bond motifs is 1. The minimum absolute atomic E-state index is 0.229. The number of hydrogen-bond acceptors (Lipinski definition) is 7. The smallest absolute Gasteiger partial charge is 0.270 e. The molecule has 106 valence electrons. The van der Waals surface area contributed by atoms with Crippen LogP contribution >= 0.6 is 0 Å². The van der Waals surface area contributed by atoms with Crippen LogP contribution in [0.15, 0.2) is 23.1 Å². The molecule has 1 aliphatic heterocycles. The molecule has 20 heavy (non-hydrogen) atoms. The third kappa shape index (κ3) is 1.98. The molecule has 0 aliphatic carbocycles. The lowest BCUT2D eigenvalue weighted by Gasteiger charge is -2.12. The molecule has 0 radical (unpaired) electrons. The van der Waals surface area contributed by atoms with Crippen LogP contribution in [-0.4, -0.2) is 41.2 Å². The Bertz CT molecular complexity index is 727. The number of carbonyl (C=O) groups excluding carboxylic acids is 2. The quantitative estimate of drug-likeness (QED) is 0.424. The summed E-state index contributed by atoms with van der Waals surface area (Å²) < 4.78 is 24.3. The molecular weight excluding hydrogens is 294 g/mol. The fraction of sp³-hybridized carbons (Fsp3) is 0.111. The van der Waals surface area contributed by atoms with Crippen molar-refractivity contribution in [2.45, 2.75) is 4.90 Å². The van der Waals surface area contributed by atoms with Crippen LogP contribution in [0.2, 0.25) is 0 Å². The standard InChI is InChI=1S/C9H7N3O7S/c13-8(10-15)4-11-9(14)6-2-1-5(12(16)17)3-7(6)20(11,18)19/h1-3,15H,4H2,(H,10,13). The van der Waals surface area contributed by atoms with Crippen LogP contribution in [0.1, 0.15) is 10.4 Å². The second-order valence-corrected chi connectivity index (χ2v) is 5.62. The summed E-state index contributed by atoms with van der Waals surface area (Å²) in [6.45, 7) is -0.917. The Labute approximate surface area is 111 Å². The van der Waals surface area contributed by atoms with Crippen molar-refractivity contribution in [1.29, 1.82) is 0 Å². The van der Waals surface area contributed by atoms with Gasteiger partial charge in [0.25, 0.3) is 27.5 Å². The lowest BCUT2D eigenvalue weighted by Crippen LogP contribution is -2.39. The summed E-state index contributed by atoms with van der Waals surface area (Å²) in [7, 11) is -4.35. The molecule has 1 aromatic rings. The molecule has 11 heteroatoms. The first-order valence-corrected chi connectivity index (χ1v) is 6.51. The van der Waals surface area contributed by atoms with Crippen molar-refractivity contribution < 1.29 is 28.1 Å². The Kier molecular flexibility index (Phi) is 3.15. The summed E-state index contributed by atoms with van der Waals surface area (Å²) in [5.41, 5.74) is 0.446.